The first-order chi connectivity index (χ1) is 14.7. The van der Waals surface area contributed by atoms with Crippen molar-refractivity contribution in [1.82, 2.24) is 4.90 Å². The highest BCUT2D eigenvalue weighted by molar-refractivity contribution is 7.99. The molecule has 0 radical (unpaired) electrons. The van der Waals surface area contributed by atoms with Crippen molar-refractivity contribution in [2.45, 2.75) is 18.7 Å². The van der Waals surface area contributed by atoms with E-state index in [1.54, 1.807) is 11.8 Å². The van der Waals surface area contributed by atoms with E-state index in [0.717, 1.165) is 30.0 Å². The standard InChI is InChI=1S/C25H24N2O2S/c28-24(26-23-8-2-1-3-9-23)18-30-17-19-10-12-21(13-11-19)25(29)27-15-14-20-6-4-5-7-22(20)16-27/h1-13H,14-18H2,(H,26,28). The van der Waals surface area contributed by atoms with Crippen LogP contribution in [0.3, 0.4) is 0 Å². The lowest BCUT2D eigenvalue weighted by Gasteiger charge is -2.29. The zero-order chi connectivity index (χ0) is 20.8. The number of carbonyl (C=O) groups excluding carboxylic acids is 2. The molecule has 3 aromatic carbocycles. The van der Waals surface area contributed by atoms with Crippen molar-refractivity contribution >= 4 is 29.3 Å². The summed E-state index contributed by atoms with van der Waals surface area (Å²) in [6, 6.07) is 25.5. The number of fused-ring (bicyclic) bond motifs is 1. The summed E-state index contributed by atoms with van der Waals surface area (Å²) in [6.07, 6.45) is 0.904. The van der Waals surface area contributed by atoms with Crippen molar-refractivity contribution in [3.63, 3.8) is 0 Å². The molecular weight excluding hydrogens is 392 g/mol. The van der Waals surface area contributed by atoms with Gasteiger partial charge in [-0.3, -0.25) is 9.59 Å². The number of para-hydroxylation sites is 1. The number of thioether (sulfide) groups is 1. The lowest BCUT2D eigenvalue weighted by molar-refractivity contribution is -0.113. The maximum atomic E-state index is 12.9. The number of benzene rings is 3. The van der Waals surface area contributed by atoms with Crippen molar-refractivity contribution in [2.75, 3.05) is 17.6 Å². The summed E-state index contributed by atoms with van der Waals surface area (Å²) in [4.78, 5) is 26.8. The Balaban J connectivity index is 1.27. The van der Waals surface area contributed by atoms with Crippen LogP contribution in [0.15, 0.2) is 78.9 Å². The number of amides is 2. The van der Waals surface area contributed by atoms with E-state index in [9.17, 15) is 9.59 Å². The van der Waals surface area contributed by atoms with Crippen LogP contribution in [-0.2, 0) is 23.5 Å². The van der Waals surface area contributed by atoms with E-state index >= 15 is 0 Å². The molecule has 5 heteroatoms. The van der Waals surface area contributed by atoms with Gasteiger partial charge in [-0.1, -0.05) is 54.6 Å². The molecule has 0 spiro atoms. The Hall–Kier alpha value is -3.05. The molecule has 0 saturated heterocycles. The van der Waals surface area contributed by atoms with Gasteiger partial charge in [0.2, 0.25) is 5.91 Å². The average Bonchev–Trinajstić information content (AvgIpc) is 2.79. The van der Waals surface area contributed by atoms with Crippen LogP contribution in [0.25, 0.3) is 0 Å². The van der Waals surface area contributed by atoms with Crippen LogP contribution in [-0.4, -0.2) is 29.0 Å². The second kappa shape index (κ2) is 9.63. The minimum Gasteiger partial charge on any atom is -0.334 e. The van der Waals surface area contributed by atoms with Crippen molar-refractivity contribution < 1.29 is 9.59 Å². The smallest absolute Gasteiger partial charge is 0.254 e. The molecule has 2 amide bonds. The fourth-order valence-electron chi connectivity index (χ4n) is 3.58. The molecule has 152 valence electrons. The van der Waals surface area contributed by atoms with Gasteiger partial charge >= 0.3 is 0 Å². The monoisotopic (exact) mass is 416 g/mol. The van der Waals surface area contributed by atoms with Crippen molar-refractivity contribution in [1.29, 1.82) is 0 Å². The zero-order valence-electron chi connectivity index (χ0n) is 16.7. The molecule has 0 aliphatic carbocycles. The molecule has 4 nitrogen and oxygen atoms in total. The molecule has 0 aromatic heterocycles. The van der Waals surface area contributed by atoms with Gasteiger partial charge in [0.1, 0.15) is 0 Å². The Kier molecular flexibility index (Phi) is 6.50. The van der Waals surface area contributed by atoms with Gasteiger partial charge in [0.25, 0.3) is 5.91 Å². The summed E-state index contributed by atoms with van der Waals surface area (Å²) in [5, 5.41) is 2.89. The molecular formula is C25H24N2O2S. The lowest BCUT2D eigenvalue weighted by Crippen LogP contribution is -2.35. The Morgan fingerprint density at radius 2 is 1.57 bits per heavy atom. The molecule has 1 heterocycles. The van der Waals surface area contributed by atoms with E-state index < -0.39 is 0 Å². The molecule has 0 saturated carbocycles. The summed E-state index contributed by atoms with van der Waals surface area (Å²) < 4.78 is 0. The number of carbonyl (C=O) groups is 2. The highest BCUT2D eigenvalue weighted by atomic mass is 32.2. The van der Waals surface area contributed by atoms with Gasteiger partial charge in [-0.2, -0.15) is 0 Å². The second-order valence-electron chi connectivity index (χ2n) is 7.35. The Morgan fingerprint density at radius 1 is 0.867 bits per heavy atom. The van der Waals surface area contributed by atoms with Gasteiger partial charge in [0, 0.05) is 30.1 Å². The number of nitrogens with zero attached hydrogens (tertiary/aromatic N) is 1. The predicted molar refractivity (Wildman–Crippen MR) is 123 cm³/mol. The van der Waals surface area contributed by atoms with Gasteiger partial charge < -0.3 is 10.2 Å². The number of rotatable bonds is 6. The first kappa shape index (κ1) is 20.2. The Bertz CT molecular complexity index is 1020. The van der Waals surface area contributed by atoms with Gasteiger partial charge in [0.15, 0.2) is 0 Å². The van der Waals surface area contributed by atoms with Crippen molar-refractivity contribution in [3.8, 4) is 0 Å². The first-order valence-electron chi connectivity index (χ1n) is 10.1. The molecule has 1 aliphatic heterocycles. The molecule has 3 aromatic rings. The summed E-state index contributed by atoms with van der Waals surface area (Å²) in [5.74, 6) is 1.19. The molecule has 0 unspecified atom stereocenters. The fourth-order valence-corrected chi connectivity index (χ4v) is 4.36. The summed E-state index contributed by atoms with van der Waals surface area (Å²) in [6.45, 7) is 1.42. The third-order valence-corrected chi connectivity index (χ3v) is 6.18. The molecule has 30 heavy (non-hydrogen) atoms. The number of anilines is 1. The maximum absolute atomic E-state index is 12.9. The number of nitrogens with one attached hydrogen (secondary N) is 1. The number of hydrogen-bond donors (Lipinski definition) is 1. The van der Waals surface area contributed by atoms with Crippen LogP contribution in [0.5, 0.6) is 0 Å². The van der Waals surface area contributed by atoms with E-state index in [1.807, 2.05) is 65.6 Å². The minimum absolute atomic E-state index is 0.0108. The summed E-state index contributed by atoms with van der Waals surface area (Å²) >= 11 is 1.56. The molecule has 0 bridgehead atoms. The lowest BCUT2D eigenvalue weighted by atomic mass is 9.99. The maximum Gasteiger partial charge on any atom is 0.254 e. The Labute approximate surface area is 181 Å². The Morgan fingerprint density at radius 3 is 2.33 bits per heavy atom. The van der Waals surface area contributed by atoms with Crippen LogP contribution in [0.4, 0.5) is 5.69 Å². The summed E-state index contributed by atoms with van der Waals surface area (Å²) in [5.41, 5.74) is 5.20. The van der Waals surface area contributed by atoms with Crippen LogP contribution < -0.4 is 5.32 Å². The fraction of sp³-hybridized carbons (Fsp3) is 0.200. The number of hydrogen-bond acceptors (Lipinski definition) is 3. The minimum atomic E-state index is -0.0108. The molecule has 1 aliphatic rings. The van der Waals surface area contributed by atoms with Gasteiger partial charge in [-0.25, -0.2) is 0 Å². The van der Waals surface area contributed by atoms with E-state index in [-0.39, 0.29) is 11.8 Å². The highest BCUT2D eigenvalue weighted by Crippen LogP contribution is 2.21. The quantitative estimate of drug-likeness (QED) is 0.630. The van der Waals surface area contributed by atoms with Crippen molar-refractivity contribution in [3.05, 3.63) is 101 Å². The van der Waals surface area contributed by atoms with Gasteiger partial charge in [0.05, 0.1) is 5.75 Å². The third-order valence-electron chi connectivity index (χ3n) is 5.18. The largest absolute Gasteiger partial charge is 0.334 e. The SMILES string of the molecule is O=C(CSCc1ccc(C(=O)N2CCc3ccccc3C2)cc1)Nc1ccccc1. The third kappa shape index (κ3) is 5.10. The predicted octanol–water partition coefficient (Wildman–Crippen LogP) is 4.76. The molecule has 0 fully saturated rings. The average molecular weight is 417 g/mol. The van der Waals surface area contributed by atoms with Crippen LogP contribution in [0.1, 0.15) is 27.0 Å². The zero-order valence-corrected chi connectivity index (χ0v) is 17.5. The highest BCUT2D eigenvalue weighted by Gasteiger charge is 2.21. The molecule has 1 N–H and O–H groups in total. The topological polar surface area (TPSA) is 49.4 Å². The van der Waals surface area contributed by atoms with Crippen LogP contribution >= 0.6 is 11.8 Å². The van der Waals surface area contributed by atoms with Gasteiger partial charge in [-0.15, -0.1) is 11.8 Å². The first-order valence-corrected chi connectivity index (χ1v) is 11.2. The molecule has 4 rings (SSSR count). The van der Waals surface area contributed by atoms with Crippen LogP contribution in [0, 0.1) is 0 Å². The second-order valence-corrected chi connectivity index (χ2v) is 8.33. The van der Waals surface area contributed by atoms with E-state index in [1.165, 1.54) is 11.1 Å². The molecule has 0 atom stereocenters. The van der Waals surface area contributed by atoms with Crippen molar-refractivity contribution in [2.24, 2.45) is 0 Å². The normalized spacial score (nSPS) is 12.9. The van der Waals surface area contributed by atoms with Gasteiger partial charge in [-0.05, 0) is 47.4 Å². The van der Waals surface area contributed by atoms with E-state index in [4.69, 9.17) is 0 Å². The summed E-state index contributed by atoms with van der Waals surface area (Å²) in [7, 11) is 0. The van der Waals surface area contributed by atoms with E-state index in [2.05, 4.69) is 23.5 Å². The van der Waals surface area contributed by atoms with E-state index in [0.29, 0.717) is 17.9 Å². The van der Waals surface area contributed by atoms with Crippen LogP contribution in [0.2, 0.25) is 0 Å².